The molecule has 1 aliphatic carbocycles. The van der Waals surface area contributed by atoms with Crippen LogP contribution in [0.3, 0.4) is 0 Å². The lowest BCUT2D eigenvalue weighted by atomic mass is 9.98. The zero-order valence-corrected chi connectivity index (χ0v) is 13.6. The molecule has 0 amide bonds. The first-order valence-corrected chi connectivity index (χ1v) is 7.45. The minimum atomic E-state index is -1.32. The summed E-state index contributed by atoms with van der Waals surface area (Å²) in [6.45, 7) is 0. The van der Waals surface area contributed by atoms with E-state index in [-0.39, 0.29) is 42.7 Å². The second-order valence-electron chi connectivity index (χ2n) is 4.58. The van der Waals surface area contributed by atoms with Crippen LogP contribution in [0.2, 0.25) is 20.1 Å². The number of fused-ring (bicyclic) bond motifs is 1. The lowest BCUT2D eigenvalue weighted by Crippen LogP contribution is -2.14. The Kier molecular flexibility index (Phi) is 3.81. The van der Waals surface area contributed by atoms with Crippen LogP contribution in [-0.2, 0) is 0 Å². The smallest absolute Gasteiger partial charge is 0.182 e. The van der Waals surface area contributed by atoms with E-state index in [4.69, 9.17) is 46.4 Å². The molecule has 0 unspecified atom stereocenters. The number of Topliss-reactive ketones (excluding diaryl/α,β-unsaturated/α-hetero) is 2. The zero-order chi connectivity index (χ0) is 16.2. The quantitative estimate of drug-likeness (QED) is 0.450. The fraction of sp³-hybridized carbons (Fsp3) is 0.0714. The van der Waals surface area contributed by atoms with E-state index in [1.165, 1.54) is 18.3 Å². The van der Waals surface area contributed by atoms with E-state index in [2.05, 4.69) is 4.98 Å². The molecule has 22 heavy (non-hydrogen) atoms. The highest BCUT2D eigenvalue weighted by atomic mass is 35.5. The van der Waals surface area contributed by atoms with Crippen LogP contribution >= 0.6 is 46.4 Å². The predicted molar refractivity (Wildman–Crippen MR) is 83.8 cm³/mol. The summed E-state index contributed by atoms with van der Waals surface area (Å²) in [5.41, 5.74) is -0.254. The molecule has 1 heterocycles. The number of benzene rings is 1. The van der Waals surface area contributed by atoms with Gasteiger partial charge in [-0.1, -0.05) is 46.4 Å². The molecule has 0 saturated carbocycles. The van der Waals surface area contributed by atoms with Crippen LogP contribution in [0, 0.1) is 0 Å². The Labute approximate surface area is 144 Å². The van der Waals surface area contributed by atoms with Crippen LogP contribution in [0.5, 0.6) is 5.75 Å². The summed E-state index contributed by atoms with van der Waals surface area (Å²) in [5.74, 6) is -2.84. The van der Waals surface area contributed by atoms with Crippen molar-refractivity contribution < 1.29 is 14.7 Å². The molecule has 0 radical (unpaired) electrons. The number of aromatic hydroxyl groups is 1. The second kappa shape index (κ2) is 5.39. The summed E-state index contributed by atoms with van der Waals surface area (Å²) >= 11 is 23.9. The van der Waals surface area contributed by atoms with Gasteiger partial charge < -0.3 is 5.11 Å². The first-order chi connectivity index (χ1) is 10.4. The first-order valence-electron chi connectivity index (χ1n) is 5.94. The van der Waals surface area contributed by atoms with E-state index >= 15 is 0 Å². The van der Waals surface area contributed by atoms with E-state index in [0.717, 1.165) is 0 Å². The molecule has 3 rings (SSSR count). The fourth-order valence-corrected chi connectivity index (χ4v) is 3.42. The summed E-state index contributed by atoms with van der Waals surface area (Å²) < 4.78 is 0. The second-order valence-corrected chi connectivity index (χ2v) is 6.09. The van der Waals surface area contributed by atoms with Crippen molar-refractivity contribution in [2.24, 2.45) is 0 Å². The number of hydrogen-bond acceptors (Lipinski definition) is 4. The van der Waals surface area contributed by atoms with Gasteiger partial charge in [-0.15, -0.1) is 0 Å². The Hall–Kier alpha value is -1.33. The maximum absolute atomic E-state index is 12.6. The lowest BCUT2D eigenvalue weighted by Gasteiger charge is -2.07. The van der Waals surface area contributed by atoms with Gasteiger partial charge in [0, 0.05) is 6.20 Å². The molecule has 0 spiro atoms. The number of nitrogens with zero attached hydrogens (tertiary/aromatic N) is 1. The number of carbonyl (C=O) groups is 2. The SMILES string of the molecule is O=C1c2c(Cl)c(Cl)c(Cl)c(Cl)c2C(=O)C1c1ncccc1O. The highest BCUT2D eigenvalue weighted by Crippen LogP contribution is 2.48. The number of aromatic nitrogens is 1. The third-order valence-corrected chi connectivity index (χ3v) is 5.18. The molecule has 4 nitrogen and oxygen atoms in total. The Bertz CT molecular complexity index is 803. The highest BCUT2D eigenvalue weighted by molar-refractivity contribution is 6.55. The Morgan fingerprint density at radius 2 is 1.41 bits per heavy atom. The van der Waals surface area contributed by atoms with Gasteiger partial charge in [-0.3, -0.25) is 14.6 Å². The first kappa shape index (κ1) is 15.6. The lowest BCUT2D eigenvalue weighted by molar-refractivity contribution is 0.0886. The van der Waals surface area contributed by atoms with Gasteiger partial charge in [0.05, 0.1) is 31.2 Å². The minimum absolute atomic E-state index is 0.0620. The van der Waals surface area contributed by atoms with Crippen molar-refractivity contribution in [3.8, 4) is 5.75 Å². The monoisotopic (exact) mass is 375 g/mol. The van der Waals surface area contributed by atoms with Gasteiger partial charge in [0.25, 0.3) is 0 Å². The summed E-state index contributed by atoms with van der Waals surface area (Å²) in [6, 6.07) is 2.80. The Morgan fingerprint density at radius 1 is 0.909 bits per heavy atom. The van der Waals surface area contributed by atoms with Crippen molar-refractivity contribution in [2.75, 3.05) is 0 Å². The van der Waals surface area contributed by atoms with Gasteiger partial charge in [-0.25, -0.2) is 0 Å². The number of pyridine rings is 1. The third-order valence-electron chi connectivity index (χ3n) is 3.37. The standard InChI is InChI=1S/C14H5Cl4NO3/c15-8-5-6(9(16)11(18)10(8)17)14(22)7(13(5)21)12-4(20)2-1-3-19-12/h1-3,7,20H. The van der Waals surface area contributed by atoms with Crippen LogP contribution in [0.25, 0.3) is 0 Å². The fourth-order valence-electron chi connectivity index (χ4n) is 2.38. The molecule has 0 saturated heterocycles. The van der Waals surface area contributed by atoms with E-state index in [0.29, 0.717) is 0 Å². The van der Waals surface area contributed by atoms with Crippen molar-refractivity contribution in [1.82, 2.24) is 4.98 Å². The molecule has 0 atom stereocenters. The highest BCUT2D eigenvalue weighted by Gasteiger charge is 2.46. The molecule has 0 bridgehead atoms. The molecule has 1 N–H and O–H groups in total. The van der Waals surface area contributed by atoms with Gasteiger partial charge in [0.1, 0.15) is 17.4 Å². The van der Waals surface area contributed by atoms with E-state index < -0.39 is 17.5 Å². The molecule has 8 heteroatoms. The van der Waals surface area contributed by atoms with Crippen LogP contribution < -0.4 is 0 Å². The van der Waals surface area contributed by atoms with Gasteiger partial charge >= 0.3 is 0 Å². The predicted octanol–water partition coefficient (Wildman–Crippen LogP) is 4.56. The van der Waals surface area contributed by atoms with Crippen LogP contribution in [0.15, 0.2) is 18.3 Å². The third kappa shape index (κ3) is 2.02. The number of ketones is 2. The Balaban J connectivity index is 2.29. The van der Waals surface area contributed by atoms with Crippen molar-refractivity contribution in [3.05, 3.63) is 55.2 Å². The van der Waals surface area contributed by atoms with Crippen LogP contribution in [0.4, 0.5) is 0 Å². The largest absolute Gasteiger partial charge is 0.506 e. The minimum Gasteiger partial charge on any atom is -0.506 e. The molecule has 1 aromatic carbocycles. The maximum Gasteiger partial charge on any atom is 0.182 e. The molecule has 112 valence electrons. The van der Waals surface area contributed by atoms with Gasteiger partial charge in [-0.05, 0) is 12.1 Å². The molecule has 1 aliphatic rings. The van der Waals surface area contributed by atoms with Crippen LogP contribution in [-0.4, -0.2) is 21.7 Å². The maximum atomic E-state index is 12.6. The average Bonchev–Trinajstić information content (AvgIpc) is 2.75. The average molecular weight is 377 g/mol. The Morgan fingerprint density at radius 3 is 1.86 bits per heavy atom. The van der Waals surface area contributed by atoms with Crippen LogP contribution in [0.1, 0.15) is 32.3 Å². The molecule has 2 aromatic rings. The van der Waals surface area contributed by atoms with Crippen molar-refractivity contribution in [2.45, 2.75) is 5.92 Å². The van der Waals surface area contributed by atoms with Crippen molar-refractivity contribution in [3.63, 3.8) is 0 Å². The number of hydrogen-bond donors (Lipinski definition) is 1. The summed E-state index contributed by atoms with van der Waals surface area (Å²) in [7, 11) is 0. The van der Waals surface area contributed by atoms with Gasteiger partial charge in [0.15, 0.2) is 11.6 Å². The molecule has 0 aliphatic heterocycles. The topological polar surface area (TPSA) is 67.3 Å². The van der Waals surface area contributed by atoms with Crippen molar-refractivity contribution >= 4 is 58.0 Å². The summed E-state index contributed by atoms with van der Waals surface area (Å²) in [6.07, 6.45) is 1.36. The molecular formula is C14H5Cl4NO3. The molecule has 1 aromatic heterocycles. The van der Waals surface area contributed by atoms with E-state index in [9.17, 15) is 14.7 Å². The van der Waals surface area contributed by atoms with E-state index in [1.54, 1.807) is 0 Å². The number of rotatable bonds is 1. The zero-order valence-electron chi connectivity index (χ0n) is 10.5. The molecule has 0 fully saturated rings. The summed E-state index contributed by atoms with van der Waals surface area (Å²) in [4.78, 5) is 29.1. The number of halogens is 4. The van der Waals surface area contributed by atoms with Gasteiger partial charge in [0.2, 0.25) is 0 Å². The summed E-state index contributed by atoms with van der Waals surface area (Å²) in [5, 5.41) is 9.38. The van der Waals surface area contributed by atoms with Crippen molar-refractivity contribution in [1.29, 1.82) is 0 Å². The van der Waals surface area contributed by atoms with E-state index in [1.807, 2.05) is 0 Å². The molecular weight excluding hydrogens is 372 g/mol. The number of carbonyl (C=O) groups excluding carboxylic acids is 2. The normalized spacial score (nSPS) is 14.5. The van der Waals surface area contributed by atoms with Gasteiger partial charge in [-0.2, -0.15) is 0 Å².